The summed E-state index contributed by atoms with van der Waals surface area (Å²) in [6.45, 7) is 0. The van der Waals surface area contributed by atoms with E-state index in [9.17, 15) is 4.79 Å². The van der Waals surface area contributed by atoms with Crippen molar-refractivity contribution in [3.05, 3.63) is 71.8 Å². The van der Waals surface area contributed by atoms with Crippen molar-refractivity contribution in [2.24, 2.45) is 5.10 Å². The highest BCUT2D eigenvalue weighted by molar-refractivity contribution is 6.01. The van der Waals surface area contributed by atoms with Crippen LogP contribution in [-0.2, 0) is 0 Å². The molecule has 1 amide bonds. The van der Waals surface area contributed by atoms with E-state index in [0.29, 0.717) is 11.3 Å². The minimum atomic E-state index is -0.327. The van der Waals surface area contributed by atoms with Gasteiger partial charge in [0, 0.05) is 0 Å². The second-order valence-electron chi connectivity index (χ2n) is 5.37. The average molecular weight is 334 g/mol. The Balaban J connectivity index is 1.78. The number of carbonyl (C=O) groups is 1. The van der Waals surface area contributed by atoms with Crippen LogP contribution in [0.15, 0.2) is 65.8 Å². The van der Waals surface area contributed by atoms with Crippen LogP contribution in [-0.4, -0.2) is 26.3 Å². The first-order chi connectivity index (χ1) is 12.2. The van der Waals surface area contributed by atoms with Crippen molar-refractivity contribution in [3.63, 3.8) is 0 Å². The lowest BCUT2D eigenvalue weighted by Crippen LogP contribution is -2.18. The zero-order valence-corrected chi connectivity index (χ0v) is 14.0. The molecule has 0 bridgehead atoms. The molecule has 0 unspecified atom stereocenters. The van der Waals surface area contributed by atoms with E-state index in [1.165, 1.54) is 0 Å². The molecule has 0 atom stereocenters. The number of nitrogens with one attached hydrogen (secondary N) is 1. The predicted molar refractivity (Wildman–Crippen MR) is 98.6 cm³/mol. The van der Waals surface area contributed by atoms with Crippen molar-refractivity contribution in [2.75, 3.05) is 14.2 Å². The Morgan fingerprint density at radius 1 is 0.960 bits per heavy atom. The molecule has 5 heteroatoms. The fourth-order valence-corrected chi connectivity index (χ4v) is 2.48. The van der Waals surface area contributed by atoms with Gasteiger partial charge in [-0.3, -0.25) is 4.79 Å². The van der Waals surface area contributed by atoms with E-state index in [2.05, 4.69) is 10.5 Å². The summed E-state index contributed by atoms with van der Waals surface area (Å²) in [5, 5.41) is 5.99. The molecule has 0 heterocycles. The minimum absolute atomic E-state index is 0.327. The summed E-state index contributed by atoms with van der Waals surface area (Å²) < 4.78 is 10.4. The monoisotopic (exact) mass is 334 g/mol. The standard InChI is InChI=1S/C20H18N2O3/c1-24-17-9-7-14(8-10-17)13-21-22-20(23)18-11-15-5-3-4-6-16(15)12-19(18)25-2/h3-13H,1-2H3,(H,22,23)/b21-13-. The number of methoxy groups -OCH3 is 2. The topological polar surface area (TPSA) is 59.9 Å². The first-order valence-electron chi connectivity index (χ1n) is 7.75. The van der Waals surface area contributed by atoms with Crippen LogP contribution < -0.4 is 14.9 Å². The smallest absolute Gasteiger partial charge is 0.275 e. The molecule has 0 aromatic heterocycles. The molecule has 1 N–H and O–H groups in total. The molecule has 0 aliphatic rings. The van der Waals surface area contributed by atoms with Crippen LogP contribution in [0.3, 0.4) is 0 Å². The maximum absolute atomic E-state index is 12.4. The Bertz CT molecular complexity index is 918. The van der Waals surface area contributed by atoms with Crippen molar-refractivity contribution in [2.45, 2.75) is 0 Å². The zero-order valence-electron chi connectivity index (χ0n) is 14.0. The highest BCUT2D eigenvalue weighted by Crippen LogP contribution is 2.25. The fraction of sp³-hybridized carbons (Fsp3) is 0.100. The third-order valence-electron chi connectivity index (χ3n) is 3.81. The molecule has 0 saturated carbocycles. The van der Waals surface area contributed by atoms with Crippen LogP contribution in [0.1, 0.15) is 15.9 Å². The van der Waals surface area contributed by atoms with Gasteiger partial charge in [0.15, 0.2) is 0 Å². The van der Waals surface area contributed by atoms with E-state index in [1.807, 2.05) is 54.6 Å². The van der Waals surface area contributed by atoms with E-state index >= 15 is 0 Å². The van der Waals surface area contributed by atoms with E-state index in [1.54, 1.807) is 26.5 Å². The molecule has 0 fully saturated rings. The number of hydrogen-bond acceptors (Lipinski definition) is 4. The Kier molecular flexibility index (Phi) is 4.95. The second kappa shape index (κ2) is 7.49. The van der Waals surface area contributed by atoms with Crippen LogP contribution in [0.4, 0.5) is 0 Å². The number of nitrogens with zero attached hydrogens (tertiary/aromatic N) is 1. The van der Waals surface area contributed by atoms with Crippen LogP contribution in [0, 0.1) is 0 Å². The van der Waals surface area contributed by atoms with E-state index < -0.39 is 0 Å². The number of benzene rings is 3. The summed E-state index contributed by atoms with van der Waals surface area (Å²) in [5.74, 6) is 0.949. The normalized spacial score (nSPS) is 10.8. The molecule has 0 radical (unpaired) electrons. The quantitative estimate of drug-likeness (QED) is 0.573. The molecular weight excluding hydrogens is 316 g/mol. The molecule has 0 spiro atoms. The van der Waals surface area contributed by atoms with Gasteiger partial charge in [0.25, 0.3) is 5.91 Å². The molecular formula is C20H18N2O3. The first kappa shape index (κ1) is 16.5. The van der Waals surface area contributed by atoms with Crippen LogP contribution in [0.2, 0.25) is 0 Å². The number of amides is 1. The zero-order chi connectivity index (χ0) is 17.6. The molecule has 0 aliphatic carbocycles. The van der Waals surface area contributed by atoms with Gasteiger partial charge in [-0.1, -0.05) is 24.3 Å². The maximum Gasteiger partial charge on any atom is 0.275 e. The van der Waals surface area contributed by atoms with Crippen molar-refractivity contribution in [1.29, 1.82) is 0 Å². The Hall–Kier alpha value is -3.34. The third kappa shape index (κ3) is 3.77. The fourth-order valence-electron chi connectivity index (χ4n) is 2.48. The van der Waals surface area contributed by atoms with Crippen molar-refractivity contribution in [1.82, 2.24) is 5.43 Å². The summed E-state index contributed by atoms with van der Waals surface area (Å²) in [4.78, 5) is 12.4. The Morgan fingerprint density at radius 3 is 2.28 bits per heavy atom. The minimum Gasteiger partial charge on any atom is -0.497 e. The van der Waals surface area contributed by atoms with Gasteiger partial charge in [-0.2, -0.15) is 5.10 Å². The van der Waals surface area contributed by atoms with Gasteiger partial charge < -0.3 is 9.47 Å². The van der Waals surface area contributed by atoms with Crippen LogP contribution in [0.5, 0.6) is 11.5 Å². The van der Waals surface area contributed by atoms with Crippen molar-refractivity contribution < 1.29 is 14.3 Å². The second-order valence-corrected chi connectivity index (χ2v) is 5.37. The lowest BCUT2D eigenvalue weighted by Gasteiger charge is -2.09. The van der Waals surface area contributed by atoms with E-state index in [4.69, 9.17) is 9.47 Å². The van der Waals surface area contributed by atoms with Gasteiger partial charge in [0.2, 0.25) is 0 Å². The number of ether oxygens (including phenoxy) is 2. The largest absolute Gasteiger partial charge is 0.497 e. The van der Waals surface area contributed by atoms with Crippen molar-refractivity contribution in [3.8, 4) is 11.5 Å². The van der Waals surface area contributed by atoms with Gasteiger partial charge in [0.05, 0.1) is 26.0 Å². The average Bonchev–Trinajstić information content (AvgIpc) is 2.67. The highest BCUT2D eigenvalue weighted by Gasteiger charge is 2.13. The summed E-state index contributed by atoms with van der Waals surface area (Å²) in [5.41, 5.74) is 3.83. The number of hydrazone groups is 1. The molecule has 0 aliphatic heterocycles. The summed E-state index contributed by atoms with van der Waals surface area (Å²) in [6.07, 6.45) is 1.57. The highest BCUT2D eigenvalue weighted by atomic mass is 16.5. The van der Waals surface area contributed by atoms with Crippen LogP contribution >= 0.6 is 0 Å². The predicted octanol–water partition coefficient (Wildman–Crippen LogP) is 3.62. The molecule has 25 heavy (non-hydrogen) atoms. The van der Waals surface area contributed by atoms with Gasteiger partial charge in [-0.15, -0.1) is 0 Å². The lowest BCUT2D eigenvalue weighted by molar-refractivity contribution is 0.0952. The summed E-state index contributed by atoms with van der Waals surface area (Å²) in [7, 11) is 3.15. The molecule has 3 aromatic rings. The summed E-state index contributed by atoms with van der Waals surface area (Å²) in [6, 6.07) is 18.8. The SMILES string of the molecule is COc1ccc(/C=N\NC(=O)c2cc3ccccc3cc2OC)cc1. The molecule has 0 saturated heterocycles. The number of fused-ring (bicyclic) bond motifs is 1. The first-order valence-corrected chi connectivity index (χ1v) is 7.75. The van der Waals surface area contributed by atoms with Gasteiger partial charge in [-0.05, 0) is 52.7 Å². The van der Waals surface area contributed by atoms with Crippen molar-refractivity contribution >= 4 is 22.9 Å². The third-order valence-corrected chi connectivity index (χ3v) is 3.81. The molecule has 3 rings (SSSR count). The summed E-state index contributed by atoms with van der Waals surface area (Å²) >= 11 is 0. The molecule has 3 aromatic carbocycles. The Morgan fingerprint density at radius 2 is 1.64 bits per heavy atom. The van der Waals surface area contributed by atoms with Crippen LogP contribution in [0.25, 0.3) is 10.8 Å². The number of rotatable bonds is 5. The molecule has 126 valence electrons. The molecule has 5 nitrogen and oxygen atoms in total. The van der Waals surface area contributed by atoms with E-state index in [0.717, 1.165) is 22.1 Å². The maximum atomic E-state index is 12.4. The van der Waals surface area contributed by atoms with Gasteiger partial charge in [0.1, 0.15) is 11.5 Å². The van der Waals surface area contributed by atoms with Gasteiger partial charge >= 0.3 is 0 Å². The number of carbonyl (C=O) groups excluding carboxylic acids is 1. The lowest BCUT2D eigenvalue weighted by atomic mass is 10.1. The van der Waals surface area contributed by atoms with E-state index in [-0.39, 0.29) is 5.91 Å². The Labute approximate surface area is 145 Å². The van der Waals surface area contributed by atoms with Gasteiger partial charge in [-0.25, -0.2) is 5.43 Å². The number of hydrogen-bond donors (Lipinski definition) is 1.